The van der Waals surface area contributed by atoms with Gasteiger partial charge in [0.15, 0.2) is 0 Å². The van der Waals surface area contributed by atoms with Crippen LogP contribution in [0.25, 0.3) is 0 Å². The van der Waals surface area contributed by atoms with E-state index < -0.39 is 0 Å². The third-order valence-corrected chi connectivity index (χ3v) is 6.37. The van der Waals surface area contributed by atoms with Crippen LogP contribution in [0.15, 0.2) is 24.3 Å². The first-order chi connectivity index (χ1) is 11.7. The minimum absolute atomic E-state index is 0.304. The van der Waals surface area contributed by atoms with Crippen molar-refractivity contribution in [1.29, 1.82) is 0 Å². The molecule has 3 nitrogen and oxygen atoms in total. The van der Waals surface area contributed by atoms with E-state index in [4.69, 9.17) is 14.0 Å². The largest absolute Gasteiger partial charge is 0.494 e. The summed E-state index contributed by atoms with van der Waals surface area (Å²) in [5, 5.41) is 0. The highest BCUT2D eigenvalue weighted by molar-refractivity contribution is 6.62. The second-order valence-electron chi connectivity index (χ2n) is 9.06. The lowest BCUT2D eigenvalue weighted by molar-refractivity contribution is 0.00578. The van der Waals surface area contributed by atoms with Crippen molar-refractivity contribution >= 4 is 12.6 Å². The molecule has 1 heterocycles. The van der Waals surface area contributed by atoms with Gasteiger partial charge in [0.25, 0.3) is 0 Å². The van der Waals surface area contributed by atoms with Crippen LogP contribution in [0.2, 0.25) is 0 Å². The average molecular weight is 344 g/mol. The van der Waals surface area contributed by atoms with Gasteiger partial charge in [0.1, 0.15) is 5.75 Å². The highest BCUT2D eigenvalue weighted by Crippen LogP contribution is 2.36. The Morgan fingerprint density at radius 1 is 0.920 bits per heavy atom. The highest BCUT2D eigenvalue weighted by atomic mass is 16.7. The van der Waals surface area contributed by atoms with Gasteiger partial charge in [-0.2, -0.15) is 0 Å². The van der Waals surface area contributed by atoms with E-state index in [0.29, 0.717) is 6.10 Å². The van der Waals surface area contributed by atoms with E-state index in [2.05, 4.69) is 65.8 Å². The lowest BCUT2D eigenvalue weighted by atomic mass is 9.79. The Labute approximate surface area is 153 Å². The topological polar surface area (TPSA) is 27.7 Å². The zero-order chi connectivity index (χ0) is 18.2. The summed E-state index contributed by atoms with van der Waals surface area (Å²) in [6, 6.07) is 8.23. The van der Waals surface area contributed by atoms with Crippen molar-refractivity contribution in [2.75, 3.05) is 0 Å². The van der Waals surface area contributed by atoms with Crippen molar-refractivity contribution in [1.82, 2.24) is 0 Å². The van der Waals surface area contributed by atoms with Crippen molar-refractivity contribution in [2.24, 2.45) is 11.8 Å². The van der Waals surface area contributed by atoms with Crippen LogP contribution in [0.4, 0.5) is 0 Å². The minimum Gasteiger partial charge on any atom is -0.490 e. The Hall–Kier alpha value is -0.995. The first kappa shape index (κ1) is 18.8. The summed E-state index contributed by atoms with van der Waals surface area (Å²) in [6.07, 6.45) is 5.27. The zero-order valence-electron chi connectivity index (χ0n) is 16.7. The van der Waals surface area contributed by atoms with Gasteiger partial charge in [-0.15, -0.1) is 0 Å². The van der Waals surface area contributed by atoms with Crippen LogP contribution < -0.4 is 10.2 Å². The summed E-state index contributed by atoms with van der Waals surface area (Å²) in [4.78, 5) is 0. The summed E-state index contributed by atoms with van der Waals surface area (Å²) in [6.45, 7) is 13.0. The lowest BCUT2D eigenvalue weighted by Crippen LogP contribution is -2.41. The van der Waals surface area contributed by atoms with Gasteiger partial charge in [-0.1, -0.05) is 26.0 Å². The van der Waals surface area contributed by atoms with Crippen molar-refractivity contribution in [3.63, 3.8) is 0 Å². The molecular weight excluding hydrogens is 311 g/mol. The molecule has 1 saturated carbocycles. The smallest absolute Gasteiger partial charge is 0.490 e. The molecule has 0 spiro atoms. The van der Waals surface area contributed by atoms with Crippen molar-refractivity contribution in [3.8, 4) is 5.75 Å². The van der Waals surface area contributed by atoms with E-state index in [1.807, 2.05) is 0 Å². The number of hydrogen-bond acceptors (Lipinski definition) is 3. The maximum absolute atomic E-state index is 6.20. The molecule has 1 aromatic rings. The van der Waals surface area contributed by atoms with E-state index in [-0.39, 0.29) is 18.3 Å². The third kappa shape index (κ3) is 4.06. The van der Waals surface area contributed by atoms with Crippen molar-refractivity contribution in [2.45, 2.75) is 84.5 Å². The first-order valence-electron chi connectivity index (χ1n) is 9.80. The van der Waals surface area contributed by atoms with Gasteiger partial charge < -0.3 is 14.0 Å². The second kappa shape index (κ2) is 6.96. The lowest BCUT2D eigenvalue weighted by Gasteiger charge is -2.32. The normalized spacial score (nSPS) is 28.4. The number of rotatable bonds is 4. The Bertz CT molecular complexity index is 555. The fourth-order valence-electron chi connectivity index (χ4n) is 3.75. The molecule has 0 atom stereocenters. The summed E-state index contributed by atoms with van der Waals surface area (Å²) < 4.78 is 18.4. The molecule has 2 aliphatic rings. The van der Waals surface area contributed by atoms with E-state index in [0.717, 1.165) is 23.0 Å². The van der Waals surface area contributed by atoms with Crippen LogP contribution in [0.5, 0.6) is 5.75 Å². The Balaban J connectivity index is 1.57. The van der Waals surface area contributed by atoms with Crippen LogP contribution in [0.1, 0.15) is 67.2 Å². The molecule has 0 N–H and O–H groups in total. The molecule has 0 amide bonds. The van der Waals surface area contributed by atoms with Crippen LogP contribution in [-0.4, -0.2) is 24.4 Å². The predicted molar refractivity (Wildman–Crippen MR) is 103 cm³/mol. The van der Waals surface area contributed by atoms with E-state index >= 15 is 0 Å². The SMILES string of the molecule is CC(C)[C@H]1CC[C@H](Oc2ccc(B3OC(C)(C)C(C)(C)O3)cc2)CC1. The van der Waals surface area contributed by atoms with Gasteiger partial charge in [-0.05, 0) is 82.8 Å². The maximum atomic E-state index is 6.20. The molecule has 1 aliphatic heterocycles. The maximum Gasteiger partial charge on any atom is 0.494 e. The summed E-state index contributed by atoms with van der Waals surface area (Å²) in [5.74, 6) is 2.61. The zero-order valence-corrected chi connectivity index (χ0v) is 16.7. The molecule has 1 saturated heterocycles. The number of benzene rings is 1. The molecule has 0 radical (unpaired) electrons. The fourth-order valence-corrected chi connectivity index (χ4v) is 3.75. The molecule has 1 aliphatic carbocycles. The van der Waals surface area contributed by atoms with Crippen LogP contribution >= 0.6 is 0 Å². The van der Waals surface area contributed by atoms with Crippen molar-refractivity contribution < 1.29 is 14.0 Å². The monoisotopic (exact) mass is 344 g/mol. The fraction of sp³-hybridized carbons (Fsp3) is 0.714. The number of ether oxygens (including phenoxy) is 1. The third-order valence-electron chi connectivity index (χ3n) is 6.37. The quantitative estimate of drug-likeness (QED) is 0.749. The first-order valence-corrected chi connectivity index (χ1v) is 9.80. The van der Waals surface area contributed by atoms with Gasteiger partial charge in [0, 0.05) is 0 Å². The van der Waals surface area contributed by atoms with E-state index in [1.54, 1.807) is 0 Å². The van der Waals surface area contributed by atoms with E-state index in [9.17, 15) is 0 Å². The molecule has 0 bridgehead atoms. The van der Waals surface area contributed by atoms with Crippen LogP contribution in [0, 0.1) is 11.8 Å². The molecular formula is C21H33BO3. The molecule has 2 fully saturated rings. The standard InChI is InChI=1S/C21H33BO3/c1-15(2)16-7-11-18(12-8-16)23-19-13-9-17(10-14-19)22-24-20(3,4)21(5,6)25-22/h9-10,13-16,18H,7-8,11-12H2,1-6H3/t16-,18-. The second-order valence-corrected chi connectivity index (χ2v) is 9.06. The van der Waals surface area contributed by atoms with Gasteiger partial charge in [-0.3, -0.25) is 0 Å². The Morgan fingerprint density at radius 3 is 1.92 bits per heavy atom. The molecule has 3 rings (SSSR count). The molecule has 0 unspecified atom stereocenters. The molecule has 0 aromatic heterocycles. The van der Waals surface area contributed by atoms with Gasteiger partial charge in [0.05, 0.1) is 17.3 Å². The van der Waals surface area contributed by atoms with Crippen LogP contribution in [-0.2, 0) is 9.31 Å². The molecule has 138 valence electrons. The molecule has 1 aromatic carbocycles. The Morgan fingerprint density at radius 2 is 1.44 bits per heavy atom. The molecule has 25 heavy (non-hydrogen) atoms. The summed E-state index contributed by atoms with van der Waals surface area (Å²) >= 11 is 0. The Kier molecular flexibility index (Phi) is 5.23. The van der Waals surface area contributed by atoms with Crippen molar-refractivity contribution in [3.05, 3.63) is 24.3 Å². The summed E-state index contributed by atoms with van der Waals surface area (Å²) in [5.41, 5.74) is 0.443. The number of hydrogen-bond donors (Lipinski definition) is 0. The summed E-state index contributed by atoms with van der Waals surface area (Å²) in [7, 11) is -0.305. The molecule has 4 heteroatoms. The minimum atomic E-state index is -0.305. The predicted octanol–water partition coefficient (Wildman–Crippen LogP) is 4.58. The average Bonchev–Trinajstić information content (AvgIpc) is 2.76. The highest BCUT2D eigenvalue weighted by Gasteiger charge is 2.51. The van der Waals surface area contributed by atoms with Gasteiger partial charge in [0.2, 0.25) is 0 Å². The van der Waals surface area contributed by atoms with E-state index in [1.165, 1.54) is 25.7 Å². The van der Waals surface area contributed by atoms with Gasteiger partial charge >= 0.3 is 7.12 Å². The van der Waals surface area contributed by atoms with Gasteiger partial charge in [-0.25, -0.2) is 0 Å². The van der Waals surface area contributed by atoms with Crippen LogP contribution in [0.3, 0.4) is 0 Å².